The molecule has 0 aliphatic heterocycles. The second-order valence-corrected chi connectivity index (χ2v) is 3.89. The van der Waals surface area contributed by atoms with E-state index in [9.17, 15) is 10.1 Å². The van der Waals surface area contributed by atoms with Gasteiger partial charge in [0, 0.05) is 33.3 Å². The van der Waals surface area contributed by atoms with Gasteiger partial charge in [0.2, 0.25) is 6.20 Å². The van der Waals surface area contributed by atoms with Gasteiger partial charge in [0.25, 0.3) is 0 Å². The van der Waals surface area contributed by atoms with Gasteiger partial charge in [-0.1, -0.05) is 11.6 Å². The van der Waals surface area contributed by atoms with Crippen molar-refractivity contribution in [1.29, 1.82) is 0 Å². The van der Waals surface area contributed by atoms with Gasteiger partial charge in [0.15, 0.2) is 0 Å². The van der Waals surface area contributed by atoms with Crippen molar-refractivity contribution in [3.05, 3.63) is 50.8 Å². The number of aryl methyl sites for hydroxylation is 1. The fraction of sp³-hybridized carbons (Fsp3) is 0.0909. The number of rotatable bonds is 2. The van der Waals surface area contributed by atoms with E-state index < -0.39 is 4.92 Å². The van der Waals surface area contributed by atoms with Crippen LogP contribution in [-0.2, 0) is 0 Å². The molecule has 0 bridgehead atoms. The van der Waals surface area contributed by atoms with E-state index >= 15 is 0 Å². The highest BCUT2D eigenvalue weighted by molar-refractivity contribution is 6.31. The standard InChI is InChI=1S/C11H9ClN2O2/c1-7-9(4-5-14(15)16)10-6-8(12)2-3-11(10)13-7/h2-6,13H,1H3. The molecule has 0 amide bonds. The fourth-order valence-electron chi connectivity index (χ4n) is 1.67. The number of fused-ring (bicyclic) bond motifs is 1. The number of benzene rings is 1. The van der Waals surface area contributed by atoms with Gasteiger partial charge in [-0.25, -0.2) is 0 Å². The average molecular weight is 237 g/mol. The Balaban J connectivity index is 2.62. The van der Waals surface area contributed by atoms with Crippen molar-refractivity contribution in [3.63, 3.8) is 0 Å². The summed E-state index contributed by atoms with van der Waals surface area (Å²) >= 11 is 5.89. The third-order valence-corrected chi connectivity index (χ3v) is 2.60. The van der Waals surface area contributed by atoms with Crippen LogP contribution in [-0.4, -0.2) is 9.91 Å². The average Bonchev–Trinajstić information content (AvgIpc) is 2.51. The number of halogens is 1. The zero-order valence-corrected chi connectivity index (χ0v) is 9.28. The largest absolute Gasteiger partial charge is 0.358 e. The number of aromatic amines is 1. The molecule has 0 spiro atoms. The van der Waals surface area contributed by atoms with Gasteiger partial charge >= 0.3 is 0 Å². The lowest BCUT2D eigenvalue weighted by atomic mass is 10.1. The van der Waals surface area contributed by atoms with E-state index in [2.05, 4.69) is 4.98 Å². The van der Waals surface area contributed by atoms with E-state index in [0.717, 1.165) is 28.4 Å². The summed E-state index contributed by atoms with van der Waals surface area (Å²) in [6.45, 7) is 1.87. The maximum absolute atomic E-state index is 10.3. The van der Waals surface area contributed by atoms with Crippen LogP contribution in [0.3, 0.4) is 0 Å². The molecule has 2 rings (SSSR count). The van der Waals surface area contributed by atoms with Gasteiger partial charge in [-0.05, 0) is 25.1 Å². The minimum atomic E-state index is -0.483. The molecule has 0 saturated heterocycles. The lowest BCUT2D eigenvalue weighted by Crippen LogP contribution is -1.83. The predicted octanol–water partition coefficient (Wildman–Crippen LogP) is 3.38. The van der Waals surface area contributed by atoms with Crippen molar-refractivity contribution in [2.24, 2.45) is 0 Å². The van der Waals surface area contributed by atoms with Crippen LogP contribution in [0.25, 0.3) is 17.0 Å². The third kappa shape index (κ3) is 1.92. The van der Waals surface area contributed by atoms with Crippen LogP contribution in [0.1, 0.15) is 11.3 Å². The van der Waals surface area contributed by atoms with E-state index in [0.29, 0.717) is 5.02 Å². The third-order valence-electron chi connectivity index (χ3n) is 2.36. The molecule has 0 saturated carbocycles. The predicted molar refractivity (Wildman–Crippen MR) is 64.1 cm³/mol. The van der Waals surface area contributed by atoms with E-state index in [1.807, 2.05) is 13.0 Å². The van der Waals surface area contributed by atoms with E-state index in [1.54, 1.807) is 12.1 Å². The Kier molecular flexibility index (Phi) is 2.66. The van der Waals surface area contributed by atoms with Gasteiger partial charge in [-0.3, -0.25) is 10.1 Å². The van der Waals surface area contributed by atoms with Gasteiger partial charge in [-0.15, -0.1) is 0 Å². The summed E-state index contributed by atoms with van der Waals surface area (Å²) in [5, 5.41) is 11.8. The summed E-state index contributed by atoms with van der Waals surface area (Å²) in [6, 6.07) is 5.43. The number of hydrogen-bond acceptors (Lipinski definition) is 2. The molecule has 2 aromatic rings. The molecule has 16 heavy (non-hydrogen) atoms. The number of nitrogens with one attached hydrogen (secondary N) is 1. The van der Waals surface area contributed by atoms with E-state index in [4.69, 9.17) is 11.6 Å². The second kappa shape index (κ2) is 3.98. The van der Waals surface area contributed by atoms with Crippen LogP contribution in [0.4, 0.5) is 0 Å². The molecule has 4 nitrogen and oxygen atoms in total. The summed E-state index contributed by atoms with van der Waals surface area (Å²) in [7, 11) is 0. The highest BCUT2D eigenvalue weighted by Crippen LogP contribution is 2.26. The summed E-state index contributed by atoms with van der Waals surface area (Å²) in [6.07, 6.45) is 2.40. The zero-order valence-electron chi connectivity index (χ0n) is 8.53. The first-order chi connectivity index (χ1) is 7.58. The number of H-pyrrole nitrogens is 1. The molecule has 0 aliphatic carbocycles. The van der Waals surface area contributed by atoms with Crippen molar-refractivity contribution < 1.29 is 4.92 Å². The Bertz CT molecular complexity index is 587. The summed E-state index contributed by atoms with van der Waals surface area (Å²) in [5.41, 5.74) is 2.61. The molecular weight excluding hydrogens is 228 g/mol. The van der Waals surface area contributed by atoms with Gasteiger partial charge < -0.3 is 4.98 Å². The van der Waals surface area contributed by atoms with Crippen LogP contribution in [0.2, 0.25) is 5.02 Å². The lowest BCUT2D eigenvalue weighted by molar-refractivity contribution is -0.400. The summed E-state index contributed by atoms with van der Waals surface area (Å²) < 4.78 is 0. The van der Waals surface area contributed by atoms with E-state index in [1.165, 1.54) is 6.08 Å². The molecular formula is C11H9ClN2O2. The first-order valence-electron chi connectivity index (χ1n) is 4.67. The van der Waals surface area contributed by atoms with Crippen LogP contribution in [0, 0.1) is 17.0 Å². The molecule has 0 atom stereocenters. The molecule has 0 unspecified atom stereocenters. The minimum absolute atomic E-state index is 0.483. The molecule has 0 radical (unpaired) electrons. The van der Waals surface area contributed by atoms with Gasteiger partial charge in [0.1, 0.15) is 0 Å². The molecule has 1 aromatic heterocycles. The number of nitro groups is 1. The number of nitrogens with zero attached hydrogens (tertiary/aromatic N) is 1. The van der Waals surface area contributed by atoms with Crippen LogP contribution < -0.4 is 0 Å². The molecule has 82 valence electrons. The maximum Gasteiger partial charge on any atom is 0.235 e. The van der Waals surface area contributed by atoms with Crippen LogP contribution in [0.15, 0.2) is 24.4 Å². The zero-order chi connectivity index (χ0) is 11.7. The number of hydrogen-bond donors (Lipinski definition) is 1. The molecule has 5 heteroatoms. The Morgan fingerprint density at radius 1 is 1.50 bits per heavy atom. The SMILES string of the molecule is Cc1[nH]c2ccc(Cl)cc2c1C=C[N+](=O)[O-]. The molecule has 1 heterocycles. The Hall–Kier alpha value is -1.81. The van der Waals surface area contributed by atoms with Crippen LogP contribution >= 0.6 is 11.6 Å². The molecule has 0 aliphatic rings. The smallest absolute Gasteiger partial charge is 0.235 e. The van der Waals surface area contributed by atoms with Crippen molar-refractivity contribution >= 4 is 28.6 Å². The maximum atomic E-state index is 10.3. The Labute approximate surface area is 96.7 Å². The van der Waals surface area contributed by atoms with Crippen LogP contribution in [0.5, 0.6) is 0 Å². The highest BCUT2D eigenvalue weighted by atomic mass is 35.5. The van der Waals surface area contributed by atoms with Crippen molar-refractivity contribution in [3.8, 4) is 0 Å². The van der Waals surface area contributed by atoms with Crippen molar-refractivity contribution in [2.75, 3.05) is 0 Å². The summed E-state index contributed by atoms with van der Waals surface area (Å²) in [5.74, 6) is 0. The lowest BCUT2D eigenvalue weighted by Gasteiger charge is -1.93. The summed E-state index contributed by atoms with van der Waals surface area (Å²) in [4.78, 5) is 13.0. The van der Waals surface area contributed by atoms with E-state index in [-0.39, 0.29) is 0 Å². The minimum Gasteiger partial charge on any atom is -0.358 e. The first-order valence-corrected chi connectivity index (χ1v) is 5.05. The van der Waals surface area contributed by atoms with Crippen molar-refractivity contribution in [1.82, 2.24) is 4.98 Å². The Morgan fingerprint density at radius 2 is 2.25 bits per heavy atom. The highest BCUT2D eigenvalue weighted by Gasteiger charge is 2.07. The normalized spacial score (nSPS) is 11.4. The van der Waals surface area contributed by atoms with Gasteiger partial charge in [0.05, 0.1) is 4.92 Å². The van der Waals surface area contributed by atoms with Crippen molar-refractivity contribution in [2.45, 2.75) is 6.92 Å². The monoisotopic (exact) mass is 236 g/mol. The molecule has 1 N–H and O–H groups in total. The first kappa shape index (κ1) is 10.7. The number of aromatic nitrogens is 1. The quantitative estimate of drug-likeness (QED) is 0.642. The molecule has 1 aromatic carbocycles. The molecule has 0 fully saturated rings. The Morgan fingerprint density at radius 3 is 2.94 bits per heavy atom. The second-order valence-electron chi connectivity index (χ2n) is 3.45. The fourth-order valence-corrected chi connectivity index (χ4v) is 1.84. The van der Waals surface area contributed by atoms with Gasteiger partial charge in [-0.2, -0.15) is 0 Å². The topological polar surface area (TPSA) is 58.9 Å².